The van der Waals surface area contributed by atoms with Crippen LogP contribution >= 0.6 is 11.6 Å². The summed E-state index contributed by atoms with van der Waals surface area (Å²) in [5.74, 6) is -0.464. The molecule has 0 aromatic heterocycles. The summed E-state index contributed by atoms with van der Waals surface area (Å²) in [6.45, 7) is 6.15. The number of hydrogen-bond acceptors (Lipinski definition) is 2. The van der Waals surface area contributed by atoms with Crippen LogP contribution in [0.25, 0.3) is 0 Å². The Bertz CT molecular complexity index is 486. The lowest BCUT2D eigenvalue weighted by Gasteiger charge is -2.15. The van der Waals surface area contributed by atoms with Crippen molar-refractivity contribution in [2.45, 2.75) is 27.2 Å². The highest BCUT2D eigenvalue weighted by atomic mass is 35.5. The van der Waals surface area contributed by atoms with Crippen LogP contribution in [0, 0.1) is 11.8 Å². The predicted molar refractivity (Wildman–Crippen MR) is 75.7 cm³/mol. The van der Waals surface area contributed by atoms with E-state index in [1.54, 1.807) is 0 Å². The zero-order chi connectivity index (χ0) is 14.6. The molecule has 0 spiro atoms. The van der Waals surface area contributed by atoms with E-state index < -0.39 is 5.97 Å². The Morgan fingerprint density at radius 3 is 2.42 bits per heavy atom. The van der Waals surface area contributed by atoms with Crippen LogP contribution in [0.15, 0.2) is 18.2 Å². The molecule has 1 aromatic carbocycles. The number of carboxylic acid groups (broad SMARTS) is 1. The first-order valence-corrected chi connectivity index (χ1v) is 6.51. The fourth-order valence-corrected chi connectivity index (χ4v) is 1.77. The Balaban J connectivity index is 2.70. The van der Waals surface area contributed by atoms with E-state index in [0.29, 0.717) is 18.0 Å². The molecule has 0 aliphatic rings. The first-order chi connectivity index (χ1) is 8.81. The minimum absolute atomic E-state index is 0.0233. The molecule has 0 radical (unpaired) electrons. The summed E-state index contributed by atoms with van der Waals surface area (Å²) in [5.41, 5.74) is 0.533. The Morgan fingerprint density at radius 2 is 1.95 bits per heavy atom. The van der Waals surface area contributed by atoms with Crippen molar-refractivity contribution in [2.75, 3.05) is 5.32 Å². The van der Waals surface area contributed by atoms with Crippen LogP contribution in [0.5, 0.6) is 0 Å². The first-order valence-electron chi connectivity index (χ1n) is 6.14. The largest absolute Gasteiger partial charge is 0.478 e. The van der Waals surface area contributed by atoms with Crippen LogP contribution in [-0.2, 0) is 4.79 Å². The molecule has 1 atom stereocenters. The van der Waals surface area contributed by atoms with Gasteiger partial charge in [-0.3, -0.25) is 4.79 Å². The van der Waals surface area contributed by atoms with E-state index in [-0.39, 0.29) is 22.4 Å². The number of benzene rings is 1. The molecule has 1 aromatic rings. The van der Waals surface area contributed by atoms with Gasteiger partial charge in [-0.2, -0.15) is 0 Å². The third-order valence-electron chi connectivity index (χ3n) is 3.13. The maximum Gasteiger partial charge on any atom is 0.337 e. The summed E-state index contributed by atoms with van der Waals surface area (Å²) in [6, 6.07) is 4.36. The number of nitrogens with one attached hydrogen (secondary N) is 1. The molecule has 0 fully saturated rings. The van der Waals surface area contributed by atoms with Crippen molar-refractivity contribution in [3.05, 3.63) is 28.8 Å². The Morgan fingerprint density at radius 1 is 1.32 bits per heavy atom. The summed E-state index contributed by atoms with van der Waals surface area (Å²) < 4.78 is 0. The molecule has 1 amide bonds. The van der Waals surface area contributed by atoms with Crippen molar-refractivity contribution < 1.29 is 14.7 Å². The number of halogens is 1. The molecular formula is C14H18ClNO3. The fourth-order valence-electron chi connectivity index (χ4n) is 1.51. The van der Waals surface area contributed by atoms with E-state index in [9.17, 15) is 9.59 Å². The van der Waals surface area contributed by atoms with Gasteiger partial charge in [0.05, 0.1) is 10.6 Å². The van der Waals surface area contributed by atoms with E-state index in [1.165, 1.54) is 18.2 Å². The summed E-state index contributed by atoms with van der Waals surface area (Å²) >= 11 is 5.83. The van der Waals surface area contributed by atoms with E-state index in [0.717, 1.165) is 0 Å². The van der Waals surface area contributed by atoms with Crippen molar-refractivity contribution in [3.63, 3.8) is 0 Å². The third kappa shape index (κ3) is 4.56. The third-order valence-corrected chi connectivity index (χ3v) is 3.44. The summed E-state index contributed by atoms with van der Waals surface area (Å²) in [4.78, 5) is 22.6. The van der Waals surface area contributed by atoms with Gasteiger partial charge in [0, 0.05) is 12.1 Å². The highest BCUT2D eigenvalue weighted by Crippen LogP contribution is 2.22. The number of hydrogen-bond donors (Lipinski definition) is 2. The second kappa shape index (κ2) is 6.57. The van der Waals surface area contributed by atoms with Crippen LogP contribution in [-0.4, -0.2) is 17.0 Å². The molecule has 2 N–H and O–H groups in total. The van der Waals surface area contributed by atoms with E-state index in [2.05, 4.69) is 19.2 Å². The minimum atomic E-state index is -1.09. The monoisotopic (exact) mass is 283 g/mol. The SMILES string of the molecule is CC(C)C(C)CC(=O)Nc1ccc(C(=O)O)c(Cl)c1. The standard InChI is InChI=1S/C14H18ClNO3/c1-8(2)9(3)6-13(17)16-10-4-5-11(14(18)19)12(15)7-10/h4-5,7-9H,6H2,1-3H3,(H,16,17)(H,18,19). The van der Waals surface area contributed by atoms with Crippen molar-refractivity contribution in [1.82, 2.24) is 0 Å². The van der Waals surface area contributed by atoms with Crippen molar-refractivity contribution in [2.24, 2.45) is 11.8 Å². The zero-order valence-electron chi connectivity index (χ0n) is 11.2. The van der Waals surface area contributed by atoms with Crippen LogP contribution in [0.3, 0.4) is 0 Å². The molecule has 0 saturated heterocycles. The topological polar surface area (TPSA) is 66.4 Å². The number of aromatic carboxylic acids is 1. The molecule has 0 aliphatic carbocycles. The van der Waals surface area contributed by atoms with Gasteiger partial charge in [0.1, 0.15) is 0 Å². The molecule has 4 nitrogen and oxygen atoms in total. The number of anilines is 1. The highest BCUT2D eigenvalue weighted by molar-refractivity contribution is 6.33. The lowest BCUT2D eigenvalue weighted by molar-refractivity contribution is -0.117. The normalized spacial score (nSPS) is 12.3. The molecule has 0 bridgehead atoms. The Hall–Kier alpha value is -1.55. The number of amides is 1. The van der Waals surface area contributed by atoms with Gasteiger partial charge in [-0.05, 0) is 30.0 Å². The van der Waals surface area contributed by atoms with Crippen LogP contribution in [0.4, 0.5) is 5.69 Å². The minimum Gasteiger partial charge on any atom is -0.478 e. The van der Waals surface area contributed by atoms with Crippen LogP contribution in [0.2, 0.25) is 5.02 Å². The molecule has 19 heavy (non-hydrogen) atoms. The molecular weight excluding hydrogens is 266 g/mol. The average Bonchev–Trinajstić information content (AvgIpc) is 2.27. The molecule has 5 heteroatoms. The smallest absolute Gasteiger partial charge is 0.337 e. The number of carbonyl (C=O) groups is 2. The number of carbonyl (C=O) groups excluding carboxylic acids is 1. The van der Waals surface area contributed by atoms with Crippen LogP contribution < -0.4 is 5.32 Å². The molecule has 1 unspecified atom stereocenters. The lowest BCUT2D eigenvalue weighted by atomic mass is 9.94. The maximum atomic E-state index is 11.8. The van der Waals surface area contributed by atoms with Gasteiger partial charge in [0.15, 0.2) is 0 Å². The zero-order valence-corrected chi connectivity index (χ0v) is 12.0. The van der Waals surface area contributed by atoms with E-state index >= 15 is 0 Å². The second-order valence-corrected chi connectivity index (χ2v) is 5.38. The highest BCUT2D eigenvalue weighted by Gasteiger charge is 2.14. The van der Waals surface area contributed by atoms with Crippen molar-refractivity contribution >= 4 is 29.2 Å². The lowest BCUT2D eigenvalue weighted by Crippen LogP contribution is -2.17. The first kappa shape index (κ1) is 15.5. The van der Waals surface area contributed by atoms with Gasteiger partial charge in [-0.1, -0.05) is 32.4 Å². The predicted octanol–water partition coefficient (Wildman–Crippen LogP) is 3.66. The second-order valence-electron chi connectivity index (χ2n) is 4.97. The molecule has 0 heterocycles. The van der Waals surface area contributed by atoms with E-state index in [4.69, 9.17) is 16.7 Å². The van der Waals surface area contributed by atoms with Gasteiger partial charge >= 0.3 is 5.97 Å². The van der Waals surface area contributed by atoms with Gasteiger partial charge in [-0.15, -0.1) is 0 Å². The van der Waals surface area contributed by atoms with Crippen molar-refractivity contribution in [3.8, 4) is 0 Å². The molecule has 0 saturated carbocycles. The summed E-state index contributed by atoms with van der Waals surface area (Å²) in [5, 5.41) is 11.7. The van der Waals surface area contributed by atoms with E-state index in [1.807, 2.05) is 6.92 Å². The average molecular weight is 284 g/mol. The van der Waals surface area contributed by atoms with Gasteiger partial charge < -0.3 is 10.4 Å². The van der Waals surface area contributed by atoms with Gasteiger partial charge in [0.2, 0.25) is 5.91 Å². The van der Waals surface area contributed by atoms with Gasteiger partial charge in [-0.25, -0.2) is 4.79 Å². The van der Waals surface area contributed by atoms with Crippen molar-refractivity contribution in [1.29, 1.82) is 0 Å². The molecule has 0 aliphatic heterocycles. The fraction of sp³-hybridized carbons (Fsp3) is 0.429. The van der Waals surface area contributed by atoms with Crippen LogP contribution in [0.1, 0.15) is 37.6 Å². The Kier molecular flexibility index (Phi) is 5.36. The van der Waals surface area contributed by atoms with Gasteiger partial charge in [0.25, 0.3) is 0 Å². The summed E-state index contributed by atoms with van der Waals surface area (Å²) in [7, 11) is 0. The number of carboxylic acids is 1. The maximum absolute atomic E-state index is 11.8. The quantitative estimate of drug-likeness (QED) is 0.866. The Labute approximate surface area is 117 Å². The number of rotatable bonds is 5. The molecule has 104 valence electrons. The summed E-state index contributed by atoms with van der Waals surface area (Å²) in [6.07, 6.45) is 0.427. The molecule has 1 rings (SSSR count).